The van der Waals surface area contributed by atoms with Gasteiger partial charge in [0.05, 0.1) is 28.8 Å². The van der Waals surface area contributed by atoms with Crippen LogP contribution in [-0.2, 0) is 18.0 Å². The van der Waals surface area contributed by atoms with Gasteiger partial charge in [-0.3, -0.25) is 14.0 Å². The SMILES string of the molecule is C=CC(=O)N1C[C@H](C)N(c2nc(=O)n3c4c(c(-c5cccc6cnn(C)c56)c(C(F)(F)F)cc24)SCC3CN2CCCC2)C[C@H]1C. The molecule has 9 nitrogen and oxygen atoms in total. The van der Waals surface area contributed by atoms with Gasteiger partial charge in [-0.05, 0) is 51.9 Å². The maximum atomic E-state index is 15.2. The topological polar surface area (TPSA) is 79.5 Å². The molecule has 3 atom stereocenters. The Labute approximate surface area is 268 Å². The molecule has 5 heterocycles. The van der Waals surface area contributed by atoms with Crippen molar-refractivity contribution in [2.75, 3.05) is 43.4 Å². The molecule has 13 heteroatoms. The third-order valence-electron chi connectivity index (χ3n) is 9.65. The average Bonchev–Trinajstić information content (AvgIpc) is 3.68. The van der Waals surface area contributed by atoms with Crippen molar-refractivity contribution < 1.29 is 18.0 Å². The van der Waals surface area contributed by atoms with Crippen molar-refractivity contribution in [2.45, 2.75) is 55.9 Å². The predicted octanol–water partition coefficient (Wildman–Crippen LogP) is 5.32. The highest BCUT2D eigenvalue weighted by molar-refractivity contribution is 7.99. The molecular formula is C33H36F3N7O2S. The molecule has 3 aliphatic heterocycles. The van der Waals surface area contributed by atoms with Gasteiger partial charge in [-0.2, -0.15) is 23.3 Å². The lowest BCUT2D eigenvalue weighted by Crippen LogP contribution is -2.58. The first-order chi connectivity index (χ1) is 22.0. The van der Waals surface area contributed by atoms with E-state index in [-0.39, 0.29) is 35.4 Å². The van der Waals surface area contributed by atoms with E-state index in [1.807, 2.05) is 24.8 Å². The molecule has 0 bridgehead atoms. The van der Waals surface area contributed by atoms with Crippen LogP contribution in [0.4, 0.5) is 19.0 Å². The van der Waals surface area contributed by atoms with Crippen LogP contribution in [0.1, 0.15) is 38.3 Å². The Bertz CT molecular complexity index is 1930. The number of para-hydroxylation sites is 1. The number of anilines is 1. The molecule has 0 aliphatic carbocycles. The van der Waals surface area contributed by atoms with E-state index < -0.39 is 17.4 Å². The van der Waals surface area contributed by atoms with Crippen molar-refractivity contribution in [3.63, 3.8) is 0 Å². The molecule has 1 unspecified atom stereocenters. The summed E-state index contributed by atoms with van der Waals surface area (Å²) in [7, 11) is 1.72. The molecule has 2 fully saturated rings. The van der Waals surface area contributed by atoms with Crippen molar-refractivity contribution in [1.82, 2.24) is 29.1 Å². The minimum atomic E-state index is -4.69. The molecule has 2 aromatic heterocycles. The number of rotatable bonds is 5. The van der Waals surface area contributed by atoms with Gasteiger partial charge >= 0.3 is 11.9 Å². The van der Waals surface area contributed by atoms with E-state index in [1.165, 1.54) is 23.9 Å². The Balaban J connectivity index is 1.52. The van der Waals surface area contributed by atoms with Crippen LogP contribution in [0.2, 0.25) is 0 Å². The lowest BCUT2D eigenvalue weighted by atomic mass is 9.94. The quantitative estimate of drug-likeness (QED) is 0.270. The van der Waals surface area contributed by atoms with Gasteiger partial charge < -0.3 is 14.7 Å². The highest BCUT2D eigenvalue weighted by atomic mass is 32.2. The largest absolute Gasteiger partial charge is 0.417 e. The third-order valence-corrected chi connectivity index (χ3v) is 10.9. The number of carbonyl (C=O) groups excluding carboxylic acids is 1. The summed E-state index contributed by atoms with van der Waals surface area (Å²) in [6, 6.07) is 5.66. The van der Waals surface area contributed by atoms with Gasteiger partial charge in [-0.15, -0.1) is 11.8 Å². The summed E-state index contributed by atoms with van der Waals surface area (Å²) in [6.45, 7) is 10.5. The molecule has 0 radical (unpaired) electrons. The van der Waals surface area contributed by atoms with Crippen molar-refractivity contribution in [2.24, 2.45) is 7.05 Å². The smallest absolute Gasteiger partial charge is 0.349 e. The molecule has 242 valence electrons. The number of piperazine rings is 1. The number of hydrogen-bond acceptors (Lipinski definition) is 7. The number of halogens is 3. The average molecular weight is 652 g/mol. The molecule has 7 rings (SSSR count). The van der Waals surface area contributed by atoms with Crippen LogP contribution in [-0.4, -0.2) is 85.6 Å². The number of aryl methyl sites for hydroxylation is 1. The zero-order valence-electron chi connectivity index (χ0n) is 26.0. The van der Waals surface area contributed by atoms with E-state index in [0.29, 0.717) is 52.3 Å². The second-order valence-corrected chi connectivity index (χ2v) is 13.7. The number of alkyl halides is 3. The Kier molecular flexibility index (Phi) is 7.66. The second kappa shape index (κ2) is 11.4. The maximum Gasteiger partial charge on any atom is 0.417 e. The van der Waals surface area contributed by atoms with Crippen LogP contribution in [0.25, 0.3) is 32.9 Å². The van der Waals surface area contributed by atoms with Crippen LogP contribution >= 0.6 is 11.8 Å². The van der Waals surface area contributed by atoms with E-state index in [1.54, 1.807) is 39.5 Å². The van der Waals surface area contributed by atoms with Crippen molar-refractivity contribution in [3.05, 3.63) is 59.2 Å². The van der Waals surface area contributed by atoms with Gasteiger partial charge in [-0.1, -0.05) is 24.8 Å². The van der Waals surface area contributed by atoms with Crippen LogP contribution < -0.4 is 10.6 Å². The lowest BCUT2D eigenvalue weighted by Gasteiger charge is -2.45. The Morgan fingerprint density at radius 2 is 1.89 bits per heavy atom. The molecule has 0 saturated carbocycles. The summed E-state index contributed by atoms with van der Waals surface area (Å²) in [6.07, 6.45) is 0.392. The van der Waals surface area contributed by atoms with E-state index in [2.05, 4.69) is 21.6 Å². The first-order valence-corrected chi connectivity index (χ1v) is 16.6. The first kappa shape index (κ1) is 30.8. The fourth-order valence-corrected chi connectivity index (χ4v) is 8.80. The van der Waals surface area contributed by atoms with Crippen molar-refractivity contribution in [1.29, 1.82) is 0 Å². The number of carbonyl (C=O) groups is 1. The molecule has 46 heavy (non-hydrogen) atoms. The highest BCUT2D eigenvalue weighted by Gasteiger charge is 2.41. The number of benzene rings is 2. The van der Waals surface area contributed by atoms with Crippen LogP contribution in [0.3, 0.4) is 0 Å². The van der Waals surface area contributed by atoms with Gasteiger partial charge in [0.2, 0.25) is 5.91 Å². The Morgan fingerprint density at radius 3 is 2.61 bits per heavy atom. The molecule has 3 aliphatic rings. The minimum absolute atomic E-state index is 0.0620. The first-order valence-electron chi connectivity index (χ1n) is 15.6. The molecule has 1 amide bonds. The fourth-order valence-electron chi connectivity index (χ4n) is 7.48. The normalized spacial score (nSPS) is 22.3. The van der Waals surface area contributed by atoms with Gasteiger partial charge in [0, 0.05) is 71.3 Å². The Hall–Kier alpha value is -3.84. The summed E-state index contributed by atoms with van der Waals surface area (Å²) in [5.74, 6) is 0.463. The molecule has 0 N–H and O–H groups in total. The van der Waals surface area contributed by atoms with Gasteiger partial charge in [0.1, 0.15) is 5.82 Å². The van der Waals surface area contributed by atoms with E-state index >= 15 is 13.2 Å². The third kappa shape index (κ3) is 4.98. The Morgan fingerprint density at radius 1 is 1.13 bits per heavy atom. The molecule has 2 aromatic carbocycles. The number of likely N-dealkylation sites (tertiary alicyclic amines) is 1. The molecule has 2 saturated heterocycles. The number of fused-ring (bicyclic) bond motifs is 1. The van der Waals surface area contributed by atoms with Crippen LogP contribution in [0, 0.1) is 0 Å². The van der Waals surface area contributed by atoms with Gasteiger partial charge in [-0.25, -0.2) is 4.79 Å². The number of thioether (sulfide) groups is 1. The maximum absolute atomic E-state index is 15.2. The highest BCUT2D eigenvalue weighted by Crippen LogP contribution is 2.51. The van der Waals surface area contributed by atoms with E-state index in [0.717, 1.165) is 31.3 Å². The zero-order valence-corrected chi connectivity index (χ0v) is 26.9. The lowest BCUT2D eigenvalue weighted by molar-refractivity contribution is -0.137. The number of amides is 1. The van der Waals surface area contributed by atoms with E-state index in [9.17, 15) is 9.59 Å². The number of hydrogen-bond donors (Lipinski definition) is 0. The standard InChI is InChI=1S/C33H36F3N7O2S/c1-5-26(44)41-15-20(3)42(16-19(41)2)31-24-13-25(33(34,35)36)27(23-10-8-9-21-14-37-39(4)28(21)23)30-29(24)43(32(45)38-31)22(18-46-30)17-40-11-6-7-12-40/h5,8-10,13-14,19-20,22H,1,6-7,11-12,15-18H2,2-4H3/t19-,20+,22?/m1/s1. The number of nitrogens with zero attached hydrogens (tertiary/aromatic N) is 7. The molecule has 0 spiro atoms. The summed E-state index contributed by atoms with van der Waals surface area (Å²) in [5.41, 5.74) is 0.319. The second-order valence-electron chi connectivity index (χ2n) is 12.6. The fraction of sp³-hybridized carbons (Fsp3) is 0.455. The predicted molar refractivity (Wildman–Crippen MR) is 174 cm³/mol. The van der Waals surface area contributed by atoms with Gasteiger partial charge in [0.15, 0.2) is 0 Å². The summed E-state index contributed by atoms with van der Waals surface area (Å²) < 4.78 is 49.0. The minimum Gasteiger partial charge on any atom is -0.349 e. The summed E-state index contributed by atoms with van der Waals surface area (Å²) >= 11 is 1.39. The summed E-state index contributed by atoms with van der Waals surface area (Å²) in [5, 5.41) is 5.37. The molecule has 4 aromatic rings. The van der Waals surface area contributed by atoms with Gasteiger partial charge in [0.25, 0.3) is 0 Å². The van der Waals surface area contributed by atoms with Crippen LogP contribution in [0.5, 0.6) is 0 Å². The van der Waals surface area contributed by atoms with Crippen molar-refractivity contribution in [3.8, 4) is 11.1 Å². The summed E-state index contributed by atoms with van der Waals surface area (Å²) in [4.78, 5) is 37.6. The monoisotopic (exact) mass is 651 g/mol. The van der Waals surface area contributed by atoms with Crippen molar-refractivity contribution >= 4 is 45.3 Å². The van der Waals surface area contributed by atoms with E-state index in [4.69, 9.17) is 0 Å². The molecular weight excluding hydrogens is 615 g/mol. The van der Waals surface area contributed by atoms with Crippen LogP contribution in [0.15, 0.2) is 52.8 Å². The number of aromatic nitrogens is 4. The zero-order chi connectivity index (χ0) is 32.5.